The average molecular weight is 549 g/mol. The van der Waals surface area contributed by atoms with Crippen LogP contribution in [0.15, 0.2) is 48.7 Å². The van der Waals surface area contributed by atoms with Crippen LogP contribution < -0.4 is 25.0 Å². The molecule has 0 saturated heterocycles. The largest absolute Gasteiger partial charge is 0.494 e. The van der Waals surface area contributed by atoms with Gasteiger partial charge in [0.05, 0.1) is 30.0 Å². The number of ether oxygens (including phenoxy) is 2. The molecule has 40 heavy (non-hydrogen) atoms. The molecule has 0 aliphatic heterocycles. The normalized spacial score (nSPS) is 11.3. The Morgan fingerprint density at radius 1 is 1.18 bits per heavy atom. The summed E-state index contributed by atoms with van der Waals surface area (Å²) >= 11 is 0. The van der Waals surface area contributed by atoms with Crippen LogP contribution in [-0.2, 0) is 6.42 Å². The molecule has 0 radical (unpaired) electrons. The Kier molecular flexibility index (Phi) is 11.3. The molecule has 10 nitrogen and oxygen atoms in total. The zero-order valence-corrected chi connectivity index (χ0v) is 24.3. The van der Waals surface area contributed by atoms with Gasteiger partial charge in [0.2, 0.25) is 5.95 Å². The van der Waals surface area contributed by atoms with Crippen molar-refractivity contribution in [3.8, 4) is 11.5 Å². The Morgan fingerprint density at radius 3 is 2.62 bits per heavy atom. The first-order valence-corrected chi connectivity index (χ1v) is 13.6. The Hall–Kier alpha value is -4.18. The fourth-order valence-electron chi connectivity index (χ4n) is 4.48. The van der Waals surface area contributed by atoms with Crippen molar-refractivity contribution in [1.82, 2.24) is 15.3 Å². The summed E-state index contributed by atoms with van der Waals surface area (Å²) in [4.78, 5) is 22.6. The number of anilines is 3. The lowest BCUT2D eigenvalue weighted by Gasteiger charge is -2.21. The molecule has 2 N–H and O–H groups in total. The SMILES string of the molecule is C/C=C(/c1ccnc(Nc2cc([N+](=O)[O-])c(N(C)CCNC)cc2OC)n1)c1cccc(OCCC)c1CCC. The van der Waals surface area contributed by atoms with E-state index in [0.717, 1.165) is 47.4 Å². The van der Waals surface area contributed by atoms with Crippen LogP contribution in [0.4, 0.5) is 23.0 Å². The van der Waals surface area contributed by atoms with Crippen LogP contribution in [0.1, 0.15) is 50.4 Å². The maximum Gasteiger partial charge on any atom is 0.294 e. The van der Waals surface area contributed by atoms with E-state index >= 15 is 0 Å². The number of rotatable bonds is 15. The van der Waals surface area contributed by atoms with Gasteiger partial charge < -0.3 is 25.0 Å². The van der Waals surface area contributed by atoms with E-state index in [1.807, 2.05) is 50.2 Å². The summed E-state index contributed by atoms with van der Waals surface area (Å²) < 4.78 is 11.7. The molecule has 0 amide bonds. The Morgan fingerprint density at radius 2 is 1.98 bits per heavy atom. The van der Waals surface area contributed by atoms with Gasteiger partial charge in [0.1, 0.15) is 17.2 Å². The molecule has 0 unspecified atom stereocenters. The molecule has 3 aromatic rings. The third kappa shape index (κ3) is 7.26. The second-order valence-electron chi connectivity index (χ2n) is 9.30. The Labute approximate surface area is 236 Å². The van der Waals surface area contributed by atoms with Crippen molar-refractivity contribution in [2.24, 2.45) is 0 Å². The Bertz CT molecular complexity index is 1330. The number of nitrogens with zero attached hydrogens (tertiary/aromatic N) is 4. The van der Waals surface area contributed by atoms with E-state index in [0.29, 0.717) is 42.8 Å². The van der Waals surface area contributed by atoms with Gasteiger partial charge in [0.15, 0.2) is 0 Å². The fourth-order valence-corrected chi connectivity index (χ4v) is 4.48. The minimum atomic E-state index is -0.395. The van der Waals surface area contributed by atoms with Crippen LogP contribution in [-0.4, -0.2) is 55.8 Å². The van der Waals surface area contributed by atoms with Gasteiger partial charge in [-0.25, -0.2) is 9.97 Å². The number of likely N-dealkylation sites (N-methyl/N-ethyl adjacent to an activating group) is 2. The monoisotopic (exact) mass is 548 g/mol. The van der Waals surface area contributed by atoms with Crippen molar-refractivity contribution >= 4 is 28.6 Å². The smallest absolute Gasteiger partial charge is 0.294 e. The number of nitrogens with one attached hydrogen (secondary N) is 2. The van der Waals surface area contributed by atoms with Crippen LogP contribution in [0.5, 0.6) is 11.5 Å². The quantitative estimate of drug-likeness (QED) is 0.175. The maximum absolute atomic E-state index is 12.0. The molecule has 0 fully saturated rings. The van der Waals surface area contributed by atoms with Gasteiger partial charge in [-0.3, -0.25) is 10.1 Å². The first-order chi connectivity index (χ1) is 19.4. The maximum atomic E-state index is 12.0. The van der Waals surface area contributed by atoms with Crippen LogP contribution in [0.25, 0.3) is 5.57 Å². The summed E-state index contributed by atoms with van der Waals surface area (Å²) in [5.74, 6) is 1.64. The van der Waals surface area contributed by atoms with Crippen molar-refractivity contribution in [2.45, 2.75) is 40.0 Å². The van der Waals surface area contributed by atoms with Crippen molar-refractivity contribution in [3.63, 3.8) is 0 Å². The van der Waals surface area contributed by atoms with E-state index in [4.69, 9.17) is 14.5 Å². The third-order valence-corrected chi connectivity index (χ3v) is 6.45. The Balaban J connectivity index is 2.01. The number of benzene rings is 2. The molecular weight excluding hydrogens is 508 g/mol. The molecular formula is C30H40N6O4. The predicted molar refractivity (Wildman–Crippen MR) is 161 cm³/mol. The van der Waals surface area contributed by atoms with E-state index in [2.05, 4.69) is 35.5 Å². The van der Waals surface area contributed by atoms with Gasteiger partial charge in [-0.05, 0) is 44.5 Å². The van der Waals surface area contributed by atoms with Crippen molar-refractivity contribution in [3.05, 3.63) is 75.6 Å². The number of allylic oxidation sites excluding steroid dienone is 1. The third-order valence-electron chi connectivity index (χ3n) is 6.45. The summed E-state index contributed by atoms with van der Waals surface area (Å²) in [5.41, 5.74) is 4.71. The van der Waals surface area contributed by atoms with Gasteiger partial charge >= 0.3 is 0 Å². The van der Waals surface area contributed by atoms with Crippen molar-refractivity contribution < 1.29 is 14.4 Å². The first-order valence-electron chi connectivity index (χ1n) is 13.6. The van der Waals surface area contributed by atoms with Crippen LogP contribution >= 0.6 is 0 Å². The summed E-state index contributed by atoms with van der Waals surface area (Å²) in [6, 6.07) is 11.1. The second-order valence-corrected chi connectivity index (χ2v) is 9.30. The van der Waals surface area contributed by atoms with Gasteiger partial charge in [-0.1, -0.05) is 38.5 Å². The molecule has 2 aromatic carbocycles. The highest BCUT2D eigenvalue weighted by molar-refractivity contribution is 5.81. The zero-order valence-electron chi connectivity index (χ0n) is 24.3. The second kappa shape index (κ2) is 14.8. The molecule has 214 valence electrons. The predicted octanol–water partition coefficient (Wildman–Crippen LogP) is 5.99. The molecule has 3 rings (SSSR count). The molecule has 1 heterocycles. The van der Waals surface area contributed by atoms with Crippen molar-refractivity contribution in [2.75, 3.05) is 51.1 Å². The van der Waals surface area contributed by atoms with Gasteiger partial charge in [0.25, 0.3) is 5.69 Å². The van der Waals surface area contributed by atoms with E-state index in [1.165, 1.54) is 13.2 Å². The van der Waals surface area contributed by atoms with Crippen LogP contribution in [0.2, 0.25) is 0 Å². The van der Waals surface area contributed by atoms with Crippen LogP contribution in [0.3, 0.4) is 0 Å². The zero-order chi connectivity index (χ0) is 29.1. The van der Waals surface area contributed by atoms with Gasteiger partial charge in [-0.15, -0.1) is 0 Å². The van der Waals surface area contributed by atoms with Gasteiger partial charge in [-0.2, -0.15) is 0 Å². The highest BCUT2D eigenvalue weighted by atomic mass is 16.6. The molecule has 1 aromatic heterocycles. The van der Waals surface area contributed by atoms with Crippen LogP contribution in [0, 0.1) is 10.1 Å². The minimum absolute atomic E-state index is 0.0414. The summed E-state index contributed by atoms with van der Waals surface area (Å²) in [5, 5.41) is 18.2. The van der Waals surface area contributed by atoms with Crippen molar-refractivity contribution in [1.29, 1.82) is 0 Å². The number of nitro benzene ring substituents is 1. The molecule has 0 aliphatic rings. The average Bonchev–Trinajstić information content (AvgIpc) is 2.96. The van der Waals surface area contributed by atoms with E-state index in [-0.39, 0.29) is 5.69 Å². The summed E-state index contributed by atoms with van der Waals surface area (Å²) in [6.45, 7) is 8.15. The molecule has 0 aliphatic carbocycles. The number of methoxy groups -OCH3 is 1. The summed E-state index contributed by atoms with van der Waals surface area (Å²) in [6.07, 6.45) is 6.49. The minimum Gasteiger partial charge on any atom is -0.494 e. The number of hydrogen-bond acceptors (Lipinski definition) is 9. The molecule has 0 atom stereocenters. The molecule has 0 saturated carbocycles. The highest BCUT2D eigenvalue weighted by Gasteiger charge is 2.22. The number of hydrogen-bond donors (Lipinski definition) is 2. The lowest BCUT2D eigenvalue weighted by molar-refractivity contribution is -0.384. The van der Waals surface area contributed by atoms with Gasteiger partial charge in [0, 0.05) is 49.6 Å². The molecule has 0 bridgehead atoms. The fraction of sp³-hybridized carbons (Fsp3) is 0.400. The van der Waals surface area contributed by atoms with E-state index < -0.39 is 4.92 Å². The highest BCUT2D eigenvalue weighted by Crippen LogP contribution is 2.39. The lowest BCUT2D eigenvalue weighted by atomic mass is 9.93. The lowest BCUT2D eigenvalue weighted by Crippen LogP contribution is -2.27. The number of aromatic nitrogens is 2. The molecule has 10 heteroatoms. The first kappa shape index (κ1) is 30.4. The molecule has 0 spiro atoms. The topological polar surface area (TPSA) is 115 Å². The number of nitro groups is 1. The van der Waals surface area contributed by atoms with E-state index in [1.54, 1.807) is 12.3 Å². The standard InChI is InChI=1S/C30H40N6O4/c1-7-11-23-22(12-10-13-28(23)40-18-8-2)21(9-3)24-14-15-32-30(33-24)34-25-19-27(36(37)38)26(20-29(25)39-6)35(5)17-16-31-4/h9-10,12-15,19-20,31H,7-8,11,16-18H2,1-6H3,(H,32,33,34)/b21-9+. The summed E-state index contributed by atoms with van der Waals surface area (Å²) in [7, 11) is 5.18. The van der Waals surface area contributed by atoms with E-state index in [9.17, 15) is 10.1 Å².